The van der Waals surface area contributed by atoms with E-state index in [4.69, 9.17) is 18.0 Å². The Labute approximate surface area is 92.2 Å². The first-order chi connectivity index (χ1) is 6.52. The Morgan fingerprint density at radius 3 is 2.79 bits per heavy atom. The Kier molecular flexibility index (Phi) is 4.29. The molecule has 0 saturated carbocycles. The summed E-state index contributed by atoms with van der Waals surface area (Å²) < 4.78 is 0. The Bertz CT molecular complexity index is 206. The third kappa shape index (κ3) is 2.90. The fourth-order valence-corrected chi connectivity index (χ4v) is 2.28. The Balaban J connectivity index is 2.54. The molecular formula is C10H21N3S. The molecule has 0 aromatic rings. The van der Waals surface area contributed by atoms with Crippen LogP contribution in [0.1, 0.15) is 19.8 Å². The van der Waals surface area contributed by atoms with Crippen molar-refractivity contribution in [3.63, 3.8) is 0 Å². The summed E-state index contributed by atoms with van der Waals surface area (Å²) in [6, 6.07) is 0.874. The molecule has 0 bridgehead atoms. The molecule has 14 heavy (non-hydrogen) atoms. The van der Waals surface area contributed by atoms with Crippen LogP contribution in [0.2, 0.25) is 0 Å². The smallest absolute Gasteiger partial charge is 0.0899 e. The fourth-order valence-electron chi connectivity index (χ4n) is 2.15. The van der Waals surface area contributed by atoms with E-state index in [2.05, 4.69) is 30.8 Å². The van der Waals surface area contributed by atoms with Crippen molar-refractivity contribution in [3.8, 4) is 0 Å². The molecule has 3 nitrogen and oxygen atoms in total. The van der Waals surface area contributed by atoms with E-state index < -0.39 is 0 Å². The Morgan fingerprint density at radius 2 is 2.29 bits per heavy atom. The molecule has 0 aliphatic carbocycles. The van der Waals surface area contributed by atoms with Crippen molar-refractivity contribution in [2.45, 2.75) is 31.8 Å². The number of nitrogens with zero attached hydrogens (tertiary/aromatic N) is 2. The molecule has 82 valence electrons. The average Bonchev–Trinajstić information content (AvgIpc) is 2.49. The fraction of sp³-hybridized carbons (Fsp3) is 0.900. The maximum absolute atomic E-state index is 5.68. The van der Waals surface area contributed by atoms with Gasteiger partial charge in [0.15, 0.2) is 0 Å². The third-order valence-electron chi connectivity index (χ3n) is 2.91. The predicted octanol–water partition coefficient (Wildman–Crippen LogP) is 0.687. The molecule has 4 heteroatoms. The van der Waals surface area contributed by atoms with Gasteiger partial charge in [0.1, 0.15) is 0 Å². The van der Waals surface area contributed by atoms with Gasteiger partial charge in [-0.2, -0.15) is 0 Å². The minimum absolute atomic E-state index is 0.248. The molecule has 1 fully saturated rings. The van der Waals surface area contributed by atoms with Gasteiger partial charge in [0.2, 0.25) is 0 Å². The molecule has 2 N–H and O–H groups in total. The number of likely N-dealkylation sites (tertiary alicyclic amines) is 1. The molecule has 1 saturated heterocycles. The van der Waals surface area contributed by atoms with E-state index in [9.17, 15) is 0 Å². The number of thiocarbonyl (C=S) groups is 1. The van der Waals surface area contributed by atoms with Gasteiger partial charge in [-0.05, 0) is 40.4 Å². The topological polar surface area (TPSA) is 32.5 Å². The molecule has 2 unspecified atom stereocenters. The monoisotopic (exact) mass is 215 g/mol. The number of likely N-dealkylation sites (N-methyl/N-ethyl adjacent to an activating group) is 1. The van der Waals surface area contributed by atoms with Gasteiger partial charge in [-0.15, -0.1) is 0 Å². The summed E-state index contributed by atoms with van der Waals surface area (Å²) in [5.41, 5.74) is 5.68. The van der Waals surface area contributed by atoms with Crippen molar-refractivity contribution in [1.29, 1.82) is 0 Å². The zero-order chi connectivity index (χ0) is 10.7. The van der Waals surface area contributed by atoms with E-state index in [1.165, 1.54) is 12.8 Å². The first kappa shape index (κ1) is 11.9. The number of rotatable bonds is 4. The lowest BCUT2D eigenvalue weighted by molar-refractivity contribution is 0.193. The Hall–Kier alpha value is -0.190. The summed E-state index contributed by atoms with van der Waals surface area (Å²) in [6.07, 6.45) is 2.54. The van der Waals surface area contributed by atoms with Gasteiger partial charge in [0, 0.05) is 12.6 Å². The van der Waals surface area contributed by atoms with Crippen LogP contribution in [0.3, 0.4) is 0 Å². The zero-order valence-electron chi connectivity index (χ0n) is 9.36. The summed E-state index contributed by atoms with van der Waals surface area (Å²) in [7, 11) is 4.23. The minimum Gasteiger partial charge on any atom is -0.392 e. The van der Waals surface area contributed by atoms with Crippen molar-refractivity contribution in [2.24, 2.45) is 5.73 Å². The number of nitrogens with two attached hydrogens (primary N) is 1. The molecule has 1 heterocycles. The number of hydrogen-bond acceptors (Lipinski definition) is 3. The zero-order valence-corrected chi connectivity index (χ0v) is 10.2. The first-order valence-electron chi connectivity index (χ1n) is 5.22. The summed E-state index contributed by atoms with van der Waals surface area (Å²) in [5.74, 6) is 0. The van der Waals surface area contributed by atoms with E-state index in [1.54, 1.807) is 0 Å². The molecule has 1 rings (SSSR count). The van der Waals surface area contributed by atoms with Gasteiger partial charge >= 0.3 is 0 Å². The molecule has 1 aliphatic rings. The Morgan fingerprint density at radius 1 is 1.64 bits per heavy atom. The molecular weight excluding hydrogens is 194 g/mol. The summed E-state index contributed by atoms with van der Waals surface area (Å²) in [6.45, 7) is 4.35. The van der Waals surface area contributed by atoms with E-state index in [1.807, 2.05) is 0 Å². The molecule has 1 aliphatic heterocycles. The second kappa shape index (κ2) is 5.05. The largest absolute Gasteiger partial charge is 0.392 e. The van der Waals surface area contributed by atoms with Crippen LogP contribution in [0.5, 0.6) is 0 Å². The quantitative estimate of drug-likeness (QED) is 0.699. The van der Waals surface area contributed by atoms with Gasteiger partial charge in [0.25, 0.3) is 0 Å². The van der Waals surface area contributed by atoms with E-state index in [0.29, 0.717) is 11.0 Å². The molecule has 0 amide bonds. The van der Waals surface area contributed by atoms with Crippen molar-refractivity contribution >= 4 is 17.2 Å². The second-order valence-corrected chi connectivity index (χ2v) is 4.85. The SMILES string of the molecule is CC(C(N)=S)N1CCCC1CN(C)C. The molecule has 0 radical (unpaired) electrons. The molecule has 0 aromatic carbocycles. The maximum atomic E-state index is 5.68. The normalized spacial score (nSPS) is 25.6. The van der Waals surface area contributed by atoms with Gasteiger partial charge in [-0.3, -0.25) is 4.90 Å². The van der Waals surface area contributed by atoms with Crippen molar-refractivity contribution < 1.29 is 0 Å². The summed E-state index contributed by atoms with van der Waals surface area (Å²) >= 11 is 5.04. The standard InChI is InChI=1S/C10H21N3S/c1-8(10(11)14)13-6-4-5-9(13)7-12(2)3/h8-9H,4-7H2,1-3H3,(H2,11,14). The van der Waals surface area contributed by atoms with Crippen molar-refractivity contribution in [1.82, 2.24) is 9.80 Å². The molecule has 0 aromatic heterocycles. The lowest BCUT2D eigenvalue weighted by Crippen LogP contribution is -2.47. The highest BCUT2D eigenvalue weighted by Crippen LogP contribution is 2.20. The average molecular weight is 215 g/mol. The van der Waals surface area contributed by atoms with Crippen LogP contribution in [-0.4, -0.2) is 54.1 Å². The highest BCUT2D eigenvalue weighted by molar-refractivity contribution is 7.80. The van der Waals surface area contributed by atoms with Crippen LogP contribution in [0.25, 0.3) is 0 Å². The van der Waals surface area contributed by atoms with E-state index >= 15 is 0 Å². The number of hydrogen-bond donors (Lipinski definition) is 1. The predicted molar refractivity (Wildman–Crippen MR) is 64.5 cm³/mol. The van der Waals surface area contributed by atoms with Crippen LogP contribution >= 0.6 is 12.2 Å². The van der Waals surface area contributed by atoms with Crippen LogP contribution in [-0.2, 0) is 0 Å². The summed E-state index contributed by atoms with van der Waals surface area (Å²) in [4.78, 5) is 5.29. The van der Waals surface area contributed by atoms with Crippen LogP contribution < -0.4 is 5.73 Å². The lowest BCUT2D eigenvalue weighted by Gasteiger charge is -2.31. The van der Waals surface area contributed by atoms with Gasteiger partial charge in [0.05, 0.1) is 11.0 Å². The molecule has 0 spiro atoms. The van der Waals surface area contributed by atoms with Crippen LogP contribution in [0.4, 0.5) is 0 Å². The van der Waals surface area contributed by atoms with Crippen molar-refractivity contribution in [2.75, 3.05) is 27.2 Å². The minimum atomic E-state index is 0.248. The van der Waals surface area contributed by atoms with Crippen LogP contribution in [0, 0.1) is 0 Å². The second-order valence-electron chi connectivity index (χ2n) is 4.37. The molecule has 2 atom stereocenters. The van der Waals surface area contributed by atoms with Gasteiger partial charge in [-0.1, -0.05) is 12.2 Å². The van der Waals surface area contributed by atoms with E-state index in [-0.39, 0.29) is 6.04 Å². The van der Waals surface area contributed by atoms with Gasteiger partial charge in [-0.25, -0.2) is 0 Å². The van der Waals surface area contributed by atoms with Crippen LogP contribution in [0.15, 0.2) is 0 Å². The van der Waals surface area contributed by atoms with E-state index in [0.717, 1.165) is 13.1 Å². The first-order valence-corrected chi connectivity index (χ1v) is 5.63. The highest BCUT2D eigenvalue weighted by atomic mass is 32.1. The highest BCUT2D eigenvalue weighted by Gasteiger charge is 2.29. The summed E-state index contributed by atoms with van der Waals surface area (Å²) in [5, 5.41) is 0. The lowest BCUT2D eigenvalue weighted by atomic mass is 10.2. The van der Waals surface area contributed by atoms with Crippen molar-refractivity contribution in [3.05, 3.63) is 0 Å². The maximum Gasteiger partial charge on any atom is 0.0899 e. The van der Waals surface area contributed by atoms with Gasteiger partial charge < -0.3 is 10.6 Å². The third-order valence-corrected chi connectivity index (χ3v) is 3.25.